The van der Waals surface area contributed by atoms with Crippen molar-refractivity contribution in [3.05, 3.63) is 77.9 Å². The van der Waals surface area contributed by atoms with Crippen LogP contribution in [0.1, 0.15) is 82.0 Å². The lowest BCUT2D eigenvalue weighted by Crippen LogP contribution is -2.45. The van der Waals surface area contributed by atoms with E-state index in [1.54, 1.807) is 43.3 Å². The minimum Gasteiger partial charge on any atom is -0.494 e. The number of benzene rings is 3. The van der Waals surface area contributed by atoms with Crippen LogP contribution in [-0.2, 0) is 14.3 Å². The summed E-state index contributed by atoms with van der Waals surface area (Å²) in [5.41, 5.74) is 1.64. The summed E-state index contributed by atoms with van der Waals surface area (Å²) >= 11 is 0. The van der Waals surface area contributed by atoms with Crippen molar-refractivity contribution in [3.63, 3.8) is 0 Å². The summed E-state index contributed by atoms with van der Waals surface area (Å²) < 4.78 is 107. The van der Waals surface area contributed by atoms with Gasteiger partial charge in [-0.15, -0.1) is 0 Å². The van der Waals surface area contributed by atoms with Gasteiger partial charge in [0.25, 0.3) is 0 Å². The number of hydrogen-bond donors (Lipinski definition) is 0. The molecule has 0 saturated heterocycles. The molecule has 0 aliphatic carbocycles. The van der Waals surface area contributed by atoms with Crippen LogP contribution in [0.4, 0.5) is 30.7 Å². The highest BCUT2D eigenvalue weighted by Gasteiger charge is 2.64. The van der Waals surface area contributed by atoms with E-state index in [2.05, 4.69) is 11.7 Å². The lowest BCUT2D eigenvalue weighted by Gasteiger charge is -2.17. The molecule has 0 bridgehead atoms. The van der Waals surface area contributed by atoms with Crippen LogP contribution in [0.5, 0.6) is 5.75 Å². The lowest BCUT2D eigenvalue weighted by atomic mass is 9.98. The van der Waals surface area contributed by atoms with Crippen molar-refractivity contribution >= 4 is 11.9 Å². The van der Waals surface area contributed by atoms with Crippen molar-refractivity contribution < 1.29 is 54.5 Å². The van der Waals surface area contributed by atoms with Crippen LogP contribution < -0.4 is 4.74 Å². The molecule has 0 saturated carbocycles. The Morgan fingerprint density at radius 2 is 1.25 bits per heavy atom. The highest BCUT2D eigenvalue weighted by atomic mass is 19.4. The minimum atomic E-state index is -5.99. The molecule has 48 heavy (non-hydrogen) atoms. The lowest BCUT2D eigenvalue weighted by molar-refractivity contribution is -0.280. The Hall–Kier alpha value is -4.09. The molecule has 0 heterocycles. The van der Waals surface area contributed by atoms with Gasteiger partial charge in [-0.25, -0.2) is 18.4 Å². The molecule has 0 aliphatic rings. The largest absolute Gasteiger partial charge is 0.494 e. The molecular weight excluding hydrogens is 645 g/mol. The standard InChI is InChI=1S/C36H39F7O5/c1-3-4-5-8-11-24(2)48-33(44)30-21-20-29(31(37)32(30)38)27-14-12-25(13-15-27)26-16-18-28(19-17-26)46-22-9-6-7-10-23-47-34(45)35(39,40)36(41,42)43/h12-21,24H,3-11,22-23H2,1-2H3/t24-/m0/s1. The number of esters is 2. The Bertz CT molecular complexity index is 1470. The Balaban J connectivity index is 1.45. The van der Waals surface area contributed by atoms with E-state index in [-0.39, 0.29) is 12.0 Å². The maximum atomic E-state index is 15.0. The third kappa shape index (κ3) is 10.7. The third-order valence-corrected chi connectivity index (χ3v) is 7.61. The quantitative estimate of drug-likeness (QED) is 0.0758. The van der Waals surface area contributed by atoms with Crippen LogP contribution in [-0.4, -0.2) is 43.4 Å². The summed E-state index contributed by atoms with van der Waals surface area (Å²) in [6.07, 6.45) is 0.0457. The molecule has 0 aliphatic heterocycles. The van der Waals surface area contributed by atoms with Crippen LogP contribution in [0.3, 0.4) is 0 Å². The molecule has 12 heteroatoms. The Morgan fingerprint density at radius 1 is 0.688 bits per heavy atom. The van der Waals surface area contributed by atoms with Gasteiger partial charge in [-0.3, -0.25) is 0 Å². The molecule has 3 rings (SSSR count). The van der Waals surface area contributed by atoms with Gasteiger partial charge < -0.3 is 14.2 Å². The van der Waals surface area contributed by atoms with E-state index >= 15 is 4.39 Å². The number of ether oxygens (including phenoxy) is 3. The number of rotatable bonds is 18. The Morgan fingerprint density at radius 3 is 1.85 bits per heavy atom. The molecule has 0 N–H and O–H groups in total. The smallest absolute Gasteiger partial charge is 0.465 e. The Labute approximate surface area is 275 Å². The summed E-state index contributed by atoms with van der Waals surface area (Å²) in [7, 11) is 0. The summed E-state index contributed by atoms with van der Waals surface area (Å²) in [5, 5.41) is 0. The van der Waals surface area contributed by atoms with Crippen molar-refractivity contribution in [2.24, 2.45) is 0 Å². The molecule has 0 spiro atoms. The molecule has 5 nitrogen and oxygen atoms in total. The fourth-order valence-corrected chi connectivity index (χ4v) is 4.80. The first kappa shape index (κ1) is 38.4. The maximum Gasteiger partial charge on any atom is 0.465 e. The zero-order chi connectivity index (χ0) is 35.3. The van der Waals surface area contributed by atoms with Crippen molar-refractivity contribution in [3.8, 4) is 28.0 Å². The predicted molar refractivity (Wildman–Crippen MR) is 167 cm³/mol. The van der Waals surface area contributed by atoms with E-state index in [4.69, 9.17) is 9.47 Å². The molecule has 1 atom stereocenters. The third-order valence-electron chi connectivity index (χ3n) is 7.61. The van der Waals surface area contributed by atoms with Gasteiger partial charge in [0.1, 0.15) is 5.75 Å². The fourth-order valence-electron chi connectivity index (χ4n) is 4.80. The maximum absolute atomic E-state index is 15.0. The molecule has 3 aromatic rings. The van der Waals surface area contributed by atoms with Gasteiger partial charge in [0.2, 0.25) is 0 Å². The van der Waals surface area contributed by atoms with E-state index in [1.165, 1.54) is 12.1 Å². The first-order valence-electron chi connectivity index (χ1n) is 15.9. The van der Waals surface area contributed by atoms with Crippen LogP contribution in [0.15, 0.2) is 60.7 Å². The van der Waals surface area contributed by atoms with E-state index in [1.807, 2.05) is 12.1 Å². The van der Waals surface area contributed by atoms with Gasteiger partial charge in [-0.2, -0.15) is 22.0 Å². The minimum absolute atomic E-state index is 0.0102. The first-order chi connectivity index (χ1) is 22.8. The fraction of sp³-hybridized carbons (Fsp3) is 0.444. The van der Waals surface area contributed by atoms with Crippen LogP contribution in [0.2, 0.25) is 0 Å². The number of halogens is 7. The highest BCUT2D eigenvalue weighted by molar-refractivity contribution is 5.90. The second kappa shape index (κ2) is 17.9. The van der Waals surface area contributed by atoms with Crippen LogP contribution >= 0.6 is 0 Å². The topological polar surface area (TPSA) is 61.8 Å². The van der Waals surface area contributed by atoms with Crippen molar-refractivity contribution in [2.45, 2.75) is 89.8 Å². The average Bonchev–Trinajstić information content (AvgIpc) is 3.05. The molecule has 0 aromatic heterocycles. The molecule has 0 radical (unpaired) electrons. The summed E-state index contributed by atoms with van der Waals surface area (Å²) in [6.45, 7) is 3.62. The molecule has 0 amide bonds. The van der Waals surface area contributed by atoms with Crippen molar-refractivity contribution in [1.29, 1.82) is 0 Å². The van der Waals surface area contributed by atoms with Gasteiger partial charge in [0.05, 0.1) is 24.9 Å². The van der Waals surface area contributed by atoms with E-state index in [0.717, 1.165) is 36.8 Å². The first-order valence-corrected chi connectivity index (χ1v) is 15.9. The molecular formula is C36H39F7O5. The van der Waals surface area contributed by atoms with E-state index in [9.17, 15) is 35.9 Å². The second-order valence-corrected chi connectivity index (χ2v) is 11.4. The SMILES string of the molecule is CCCCCC[C@H](C)OC(=O)c1ccc(-c2ccc(-c3ccc(OCCCCCCOC(=O)C(F)(F)C(F)(F)F)cc3)cc2)c(F)c1F. The second-order valence-electron chi connectivity index (χ2n) is 11.4. The van der Waals surface area contributed by atoms with Crippen LogP contribution in [0.25, 0.3) is 22.3 Å². The zero-order valence-corrected chi connectivity index (χ0v) is 26.8. The number of hydrogen-bond acceptors (Lipinski definition) is 5. The summed E-state index contributed by atoms with van der Waals surface area (Å²) in [4.78, 5) is 23.4. The Kier molecular flexibility index (Phi) is 14.3. The van der Waals surface area contributed by atoms with Gasteiger partial charge in [0.15, 0.2) is 11.6 Å². The van der Waals surface area contributed by atoms with E-state index in [0.29, 0.717) is 43.6 Å². The molecule has 262 valence electrons. The van der Waals surface area contributed by atoms with Crippen molar-refractivity contribution in [2.75, 3.05) is 13.2 Å². The van der Waals surface area contributed by atoms with Gasteiger partial charge in [-0.05, 0) is 80.3 Å². The molecule has 3 aromatic carbocycles. The molecule has 0 unspecified atom stereocenters. The van der Waals surface area contributed by atoms with Crippen molar-refractivity contribution in [1.82, 2.24) is 0 Å². The van der Waals surface area contributed by atoms with E-state index < -0.39 is 53.9 Å². The molecule has 0 fully saturated rings. The summed E-state index contributed by atoms with van der Waals surface area (Å²) in [6, 6.07) is 16.5. The average molecular weight is 685 g/mol. The number of unbranched alkanes of at least 4 members (excludes halogenated alkanes) is 6. The number of carbonyl (C=O) groups is 2. The number of alkyl halides is 5. The number of carbonyl (C=O) groups excluding carboxylic acids is 2. The van der Waals surface area contributed by atoms with Gasteiger partial charge >= 0.3 is 24.0 Å². The van der Waals surface area contributed by atoms with Gasteiger partial charge in [-0.1, -0.05) is 68.7 Å². The monoisotopic (exact) mass is 684 g/mol. The predicted octanol–water partition coefficient (Wildman–Crippen LogP) is 10.5. The van der Waals surface area contributed by atoms with Crippen LogP contribution in [0, 0.1) is 11.6 Å². The van der Waals surface area contributed by atoms with Gasteiger partial charge in [0, 0.05) is 5.56 Å². The summed E-state index contributed by atoms with van der Waals surface area (Å²) in [5.74, 6) is -10.8. The normalized spacial score (nSPS) is 12.4. The zero-order valence-electron chi connectivity index (χ0n) is 26.8. The highest BCUT2D eigenvalue weighted by Crippen LogP contribution is 2.36.